The predicted molar refractivity (Wildman–Crippen MR) is 59.0 cm³/mol. The maximum atomic E-state index is 5.30. The van der Waals surface area contributed by atoms with Crippen LogP contribution in [-0.4, -0.2) is 4.98 Å². The number of fused-ring (bicyclic) bond motifs is 1. The quantitative estimate of drug-likeness (QED) is 0.616. The summed E-state index contributed by atoms with van der Waals surface area (Å²) < 4.78 is 0. The summed E-state index contributed by atoms with van der Waals surface area (Å²) in [6.07, 6.45) is 5.95. The first-order valence-electron chi connectivity index (χ1n) is 4.60. The molecule has 2 rings (SSSR count). The average Bonchev–Trinajstić information content (AvgIpc) is 2.19. The molecule has 68 valence electrons. The van der Waals surface area contributed by atoms with Crippen molar-refractivity contribution < 1.29 is 0 Å². The minimum absolute atomic E-state index is 0.656. The van der Waals surface area contributed by atoms with E-state index in [-0.39, 0.29) is 0 Å². The smallest absolute Gasteiger partial charge is 0.0705 e. The van der Waals surface area contributed by atoms with E-state index in [2.05, 4.69) is 23.0 Å². The maximum Gasteiger partial charge on any atom is 0.0705 e. The minimum Gasteiger partial charge on any atom is -0.253 e. The molecule has 0 saturated carbocycles. The van der Waals surface area contributed by atoms with Gasteiger partial charge < -0.3 is 0 Å². The molecule has 0 bridgehead atoms. The van der Waals surface area contributed by atoms with Gasteiger partial charge in [-0.05, 0) is 24.6 Å². The van der Waals surface area contributed by atoms with Gasteiger partial charge in [-0.3, -0.25) is 4.98 Å². The molecule has 0 atom stereocenters. The molecule has 0 aliphatic carbocycles. The molecule has 2 aromatic rings. The van der Waals surface area contributed by atoms with Crippen LogP contribution in [0.25, 0.3) is 10.9 Å². The standard InChI is InChI=1S/C13H11N/c1-3-6-11-9-12-7-4-5-8-13(12)14-10(11)2/h1,4-5,7-9H,6H2,2H3. The second-order valence-corrected chi connectivity index (χ2v) is 3.31. The number of para-hydroxylation sites is 1. The number of rotatable bonds is 1. The third kappa shape index (κ3) is 1.47. The van der Waals surface area contributed by atoms with Crippen molar-refractivity contribution in [2.75, 3.05) is 0 Å². The summed E-state index contributed by atoms with van der Waals surface area (Å²) in [6.45, 7) is 2.00. The van der Waals surface area contributed by atoms with Crippen molar-refractivity contribution in [1.82, 2.24) is 4.98 Å². The van der Waals surface area contributed by atoms with Gasteiger partial charge in [0.25, 0.3) is 0 Å². The van der Waals surface area contributed by atoms with Gasteiger partial charge in [-0.15, -0.1) is 12.3 Å². The topological polar surface area (TPSA) is 12.9 Å². The molecule has 0 amide bonds. The third-order valence-electron chi connectivity index (χ3n) is 2.31. The maximum absolute atomic E-state index is 5.30. The molecule has 0 unspecified atom stereocenters. The lowest BCUT2D eigenvalue weighted by Crippen LogP contribution is -1.92. The van der Waals surface area contributed by atoms with Crippen LogP contribution in [0.5, 0.6) is 0 Å². The van der Waals surface area contributed by atoms with E-state index >= 15 is 0 Å². The van der Waals surface area contributed by atoms with Gasteiger partial charge in [0.1, 0.15) is 0 Å². The number of hydrogen-bond acceptors (Lipinski definition) is 1. The van der Waals surface area contributed by atoms with Crippen LogP contribution in [0.2, 0.25) is 0 Å². The van der Waals surface area contributed by atoms with Crippen molar-refractivity contribution in [3.05, 3.63) is 41.6 Å². The largest absolute Gasteiger partial charge is 0.253 e. The average molecular weight is 181 g/mol. The van der Waals surface area contributed by atoms with E-state index in [0.717, 1.165) is 22.2 Å². The van der Waals surface area contributed by atoms with Gasteiger partial charge in [-0.2, -0.15) is 0 Å². The highest BCUT2D eigenvalue weighted by atomic mass is 14.7. The molecule has 0 spiro atoms. The monoisotopic (exact) mass is 181 g/mol. The van der Waals surface area contributed by atoms with Crippen molar-refractivity contribution in [3.8, 4) is 12.3 Å². The van der Waals surface area contributed by atoms with Crippen LogP contribution >= 0.6 is 0 Å². The molecule has 0 N–H and O–H groups in total. The van der Waals surface area contributed by atoms with Crippen molar-refractivity contribution in [2.24, 2.45) is 0 Å². The summed E-state index contributed by atoms with van der Waals surface area (Å²) in [7, 11) is 0. The van der Waals surface area contributed by atoms with Crippen LogP contribution in [0.4, 0.5) is 0 Å². The van der Waals surface area contributed by atoms with Gasteiger partial charge >= 0.3 is 0 Å². The predicted octanol–water partition coefficient (Wildman–Crippen LogP) is 2.72. The molecular formula is C13H11N. The fraction of sp³-hybridized carbons (Fsp3) is 0.154. The molecule has 0 saturated heterocycles. The SMILES string of the molecule is C#CCc1cc2ccccc2nc1C. The molecule has 1 aromatic heterocycles. The van der Waals surface area contributed by atoms with Crippen LogP contribution in [-0.2, 0) is 6.42 Å². The number of aryl methyl sites for hydroxylation is 1. The van der Waals surface area contributed by atoms with Crippen molar-refractivity contribution in [3.63, 3.8) is 0 Å². The van der Waals surface area contributed by atoms with E-state index in [1.165, 1.54) is 0 Å². The van der Waals surface area contributed by atoms with Crippen LogP contribution in [0.15, 0.2) is 30.3 Å². The molecule has 1 aromatic carbocycles. The first-order chi connectivity index (χ1) is 6.81. The zero-order valence-electron chi connectivity index (χ0n) is 8.12. The lowest BCUT2D eigenvalue weighted by Gasteiger charge is -2.03. The number of hydrogen-bond donors (Lipinski definition) is 0. The fourth-order valence-corrected chi connectivity index (χ4v) is 1.54. The van der Waals surface area contributed by atoms with E-state index in [4.69, 9.17) is 6.42 Å². The van der Waals surface area contributed by atoms with Gasteiger partial charge in [0.05, 0.1) is 5.52 Å². The Morgan fingerprint density at radius 1 is 1.36 bits per heavy atom. The summed E-state index contributed by atoms with van der Waals surface area (Å²) in [5, 5.41) is 1.16. The molecule has 14 heavy (non-hydrogen) atoms. The molecule has 0 fully saturated rings. The fourth-order valence-electron chi connectivity index (χ4n) is 1.54. The minimum atomic E-state index is 0.656. The summed E-state index contributed by atoms with van der Waals surface area (Å²) >= 11 is 0. The first kappa shape index (κ1) is 8.77. The zero-order valence-corrected chi connectivity index (χ0v) is 8.12. The van der Waals surface area contributed by atoms with Crippen molar-refractivity contribution in [2.45, 2.75) is 13.3 Å². The summed E-state index contributed by atoms with van der Waals surface area (Å²) in [4.78, 5) is 4.50. The number of nitrogens with zero attached hydrogens (tertiary/aromatic N) is 1. The van der Waals surface area contributed by atoms with Gasteiger partial charge in [0, 0.05) is 17.5 Å². The van der Waals surface area contributed by atoms with E-state index in [1.807, 2.05) is 25.1 Å². The first-order valence-corrected chi connectivity index (χ1v) is 4.60. The van der Waals surface area contributed by atoms with Crippen LogP contribution in [0.1, 0.15) is 11.3 Å². The second kappa shape index (κ2) is 3.51. The Hall–Kier alpha value is -1.81. The molecular weight excluding hydrogens is 170 g/mol. The molecule has 0 aliphatic heterocycles. The summed E-state index contributed by atoms with van der Waals surface area (Å²) in [5.74, 6) is 2.65. The van der Waals surface area contributed by atoms with Gasteiger partial charge in [-0.25, -0.2) is 0 Å². The Kier molecular flexibility index (Phi) is 2.20. The Balaban J connectivity index is 2.66. The lowest BCUT2D eigenvalue weighted by molar-refractivity contribution is 1.15. The highest BCUT2D eigenvalue weighted by Crippen LogP contribution is 2.16. The summed E-state index contributed by atoms with van der Waals surface area (Å²) in [5.41, 5.74) is 3.21. The Bertz CT molecular complexity index is 506. The van der Waals surface area contributed by atoms with E-state index in [1.54, 1.807) is 0 Å². The number of terminal acetylenes is 1. The lowest BCUT2D eigenvalue weighted by atomic mass is 10.1. The number of pyridine rings is 1. The Morgan fingerprint density at radius 3 is 2.93 bits per heavy atom. The van der Waals surface area contributed by atoms with E-state index in [9.17, 15) is 0 Å². The third-order valence-corrected chi connectivity index (χ3v) is 2.31. The molecule has 1 heterocycles. The summed E-state index contributed by atoms with van der Waals surface area (Å²) in [6, 6.07) is 10.2. The van der Waals surface area contributed by atoms with E-state index < -0.39 is 0 Å². The highest BCUT2D eigenvalue weighted by molar-refractivity contribution is 5.79. The molecule has 1 heteroatoms. The van der Waals surface area contributed by atoms with Gasteiger partial charge in [0.15, 0.2) is 0 Å². The highest BCUT2D eigenvalue weighted by Gasteiger charge is 2.00. The van der Waals surface area contributed by atoms with Crippen LogP contribution in [0.3, 0.4) is 0 Å². The molecule has 1 nitrogen and oxygen atoms in total. The van der Waals surface area contributed by atoms with Gasteiger partial charge in [-0.1, -0.05) is 18.2 Å². The van der Waals surface area contributed by atoms with Crippen LogP contribution in [0, 0.1) is 19.3 Å². The van der Waals surface area contributed by atoms with E-state index in [0.29, 0.717) is 6.42 Å². The zero-order chi connectivity index (χ0) is 9.97. The van der Waals surface area contributed by atoms with Crippen LogP contribution < -0.4 is 0 Å². The normalized spacial score (nSPS) is 10.0. The molecule has 0 aliphatic rings. The van der Waals surface area contributed by atoms with Crippen molar-refractivity contribution >= 4 is 10.9 Å². The number of aromatic nitrogens is 1. The Morgan fingerprint density at radius 2 is 2.14 bits per heavy atom. The second-order valence-electron chi connectivity index (χ2n) is 3.31. The van der Waals surface area contributed by atoms with Gasteiger partial charge in [0.2, 0.25) is 0 Å². The molecule has 0 radical (unpaired) electrons. The van der Waals surface area contributed by atoms with Crippen molar-refractivity contribution in [1.29, 1.82) is 0 Å². The Labute approximate surface area is 83.8 Å². The number of benzene rings is 1.